The maximum absolute atomic E-state index is 15.4. The highest BCUT2D eigenvalue weighted by molar-refractivity contribution is 6.40. The Morgan fingerprint density at radius 2 is 1.43 bits per heavy atom. The molecule has 3 rings (SSSR count). The average molecular weight is 610 g/mol. The minimum atomic E-state index is -6.44. The van der Waals surface area contributed by atoms with Crippen LogP contribution in [0.25, 0.3) is 4.85 Å². The lowest BCUT2D eigenvalue weighted by Gasteiger charge is -2.30. The molecule has 210 valence electrons. The third-order valence-corrected chi connectivity index (χ3v) is 6.05. The SMILES string of the molecule is [C-]#[N+]CN(C(=O)c1ccccc1)c1cccc(C(=O)Nc2c(Cl)cc(C(F)(C(F)(F)F)C(F)(F)F)cc2Cl)c1F. The molecule has 0 unspecified atom stereocenters. The summed E-state index contributed by atoms with van der Waals surface area (Å²) in [5, 5.41) is -0.0745. The summed E-state index contributed by atoms with van der Waals surface area (Å²) in [6, 6.07) is 10.6. The standard InChI is InChI=1S/C25H13Cl2F8N3O2/c1-36-12-38(22(40)13-6-3-2-4-7-13)18-9-5-8-15(19(18)28)21(39)37-20-16(26)10-14(11-17(20)27)23(29,24(30,31)32)25(33,34)35/h2-11H,12H2,(H,37,39). The van der Waals surface area contributed by atoms with Gasteiger partial charge < -0.3 is 5.32 Å². The summed E-state index contributed by atoms with van der Waals surface area (Å²) in [5.41, 5.74) is -9.72. The van der Waals surface area contributed by atoms with E-state index in [4.69, 9.17) is 29.8 Å². The molecule has 1 N–H and O–H groups in total. The Morgan fingerprint density at radius 1 is 0.875 bits per heavy atom. The summed E-state index contributed by atoms with van der Waals surface area (Å²) in [7, 11) is 0. The summed E-state index contributed by atoms with van der Waals surface area (Å²) in [6.45, 7) is 6.47. The Hall–Kier alpha value is -3.89. The minimum Gasteiger partial charge on any atom is -0.319 e. The van der Waals surface area contributed by atoms with E-state index in [9.17, 15) is 40.3 Å². The van der Waals surface area contributed by atoms with Gasteiger partial charge in [-0.3, -0.25) is 14.4 Å². The number of hydrogen-bond donors (Lipinski definition) is 1. The van der Waals surface area contributed by atoms with Crippen molar-refractivity contribution in [2.75, 3.05) is 16.9 Å². The molecule has 3 aromatic rings. The van der Waals surface area contributed by atoms with Gasteiger partial charge in [0.1, 0.15) is 0 Å². The van der Waals surface area contributed by atoms with E-state index < -0.39 is 74.9 Å². The molecule has 0 atom stereocenters. The van der Waals surface area contributed by atoms with Gasteiger partial charge in [-0.2, -0.15) is 26.3 Å². The van der Waals surface area contributed by atoms with Gasteiger partial charge in [0.2, 0.25) is 0 Å². The molecule has 0 aliphatic heterocycles. The Labute approximate surface area is 230 Å². The topological polar surface area (TPSA) is 53.8 Å². The number of hydrogen-bond acceptors (Lipinski definition) is 2. The zero-order chi connectivity index (χ0) is 30.0. The lowest BCUT2D eigenvalue weighted by Crippen LogP contribution is -2.50. The Morgan fingerprint density at radius 3 is 1.93 bits per heavy atom. The predicted molar refractivity (Wildman–Crippen MR) is 130 cm³/mol. The molecule has 0 spiro atoms. The fraction of sp³-hybridized carbons (Fsp3) is 0.160. The molecule has 0 aliphatic carbocycles. The van der Waals surface area contributed by atoms with Crippen LogP contribution in [0.15, 0.2) is 60.7 Å². The molecular formula is C25H13Cl2F8N3O2. The van der Waals surface area contributed by atoms with E-state index in [1.165, 1.54) is 24.3 Å². The van der Waals surface area contributed by atoms with Crippen LogP contribution in [0.3, 0.4) is 0 Å². The molecule has 3 aromatic carbocycles. The molecular weight excluding hydrogens is 597 g/mol. The van der Waals surface area contributed by atoms with Crippen LogP contribution in [-0.2, 0) is 5.67 Å². The first-order valence-electron chi connectivity index (χ1n) is 10.7. The van der Waals surface area contributed by atoms with Crippen LogP contribution < -0.4 is 10.2 Å². The Balaban J connectivity index is 2.00. The smallest absolute Gasteiger partial charge is 0.319 e. The van der Waals surface area contributed by atoms with Crippen molar-refractivity contribution in [1.82, 2.24) is 0 Å². The predicted octanol–water partition coefficient (Wildman–Crippen LogP) is 8.20. The van der Waals surface area contributed by atoms with Crippen molar-refractivity contribution in [3.63, 3.8) is 0 Å². The van der Waals surface area contributed by atoms with Crippen LogP contribution in [-0.4, -0.2) is 30.8 Å². The first kappa shape index (κ1) is 30.6. The van der Waals surface area contributed by atoms with Crippen molar-refractivity contribution >= 4 is 46.4 Å². The summed E-state index contributed by atoms with van der Waals surface area (Å²) in [6.07, 6.45) is -12.9. The van der Waals surface area contributed by atoms with E-state index in [1.807, 2.05) is 5.32 Å². The molecule has 0 aromatic heterocycles. The van der Waals surface area contributed by atoms with Crippen molar-refractivity contribution in [2.45, 2.75) is 18.0 Å². The van der Waals surface area contributed by atoms with Crippen molar-refractivity contribution < 1.29 is 44.7 Å². The number of amides is 2. The van der Waals surface area contributed by atoms with Crippen molar-refractivity contribution in [3.05, 3.63) is 105 Å². The zero-order valence-electron chi connectivity index (χ0n) is 19.5. The van der Waals surface area contributed by atoms with Crippen LogP contribution in [0.5, 0.6) is 0 Å². The second-order valence-corrected chi connectivity index (χ2v) is 8.77. The van der Waals surface area contributed by atoms with E-state index in [0.29, 0.717) is 0 Å². The van der Waals surface area contributed by atoms with E-state index in [2.05, 4.69) is 4.85 Å². The third kappa shape index (κ3) is 5.68. The molecule has 0 radical (unpaired) electrons. The lowest BCUT2D eigenvalue weighted by molar-refractivity contribution is -0.348. The molecule has 2 amide bonds. The highest BCUT2D eigenvalue weighted by atomic mass is 35.5. The largest absolute Gasteiger partial charge is 0.435 e. The number of benzene rings is 3. The quantitative estimate of drug-likeness (QED) is 0.226. The Kier molecular flexibility index (Phi) is 8.66. The summed E-state index contributed by atoms with van der Waals surface area (Å²) in [5.74, 6) is -3.41. The van der Waals surface area contributed by atoms with E-state index in [1.54, 1.807) is 6.07 Å². The van der Waals surface area contributed by atoms with E-state index in [-0.39, 0.29) is 17.7 Å². The summed E-state index contributed by atoms with van der Waals surface area (Å²) < 4.78 is 109. The van der Waals surface area contributed by atoms with Gasteiger partial charge in [0.05, 0.1) is 27.0 Å². The molecule has 0 bridgehead atoms. The van der Waals surface area contributed by atoms with Gasteiger partial charge >= 0.3 is 18.0 Å². The monoisotopic (exact) mass is 609 g/mol. The van der Waals surface area contributed by atoms with Crippen LogP contribution >= 0.6 is 23.2 Å². The second kappa shape index (κ2) is 11.3. The second-order valence-electron chi connectivity index (χ2n) is 7.96. The van der Waals surface area contributed by atoms with Gasteiger partial charge in [-0.25, -0.2) is 20.3 Å². The summed E-state index contributed by atoms with van der Waals surface area (Å²) >= 11 is 11.5. The van der Waals surface area contributed by atoms with Crippen molar-refractivity contribution in [1.29, 1.82) is 0 Å². The molecule has 0 fully saturated rings. The number of rotatable bonds is 6. The number of anilines is 2. The van der Waals surface area contributed by atoms with Gasteiger partial charge in [-0.15, -0.1) is 0 Å². The third-order valence-electron chi connectivity index (χ3n) is 5.45. The first-order valence-corrected chi connectivity index (χ1v) is 11.4. The van der Waals surface area contributed by atoms with Crippen LogP contribution in [0, 0.1) is 12.4 Å². The molecule has 0 heterocycles. The fourth-order valence-electron chi connectivity index (χ4n) is 3.52. The van der Waals surface area contributed by atoms with Crippen LogP contribution in [0.1, 0.15) is 26.3 Å². The van der Waals surface area contributed by atoms with Gasteiger partial charge in [-0.1, -0.05) is 47.5 Å². The maximum atomic E-state index is 15.4. The van der Waals surface area contributed by atoms with Crippen LogP contribution in [0.2, 0.25) is 10.0 Å². The average Bonchev–Trinajstić information content (AvgIpc) is 2.87. The molecule has 0 saturated heterocycles. The lowest BCUT2D eigenvalue weighted by atomic mass is 9.94. The number of nitrogens with one attached hydrogen (secondary N) is 1. The zero-order valence-corrected chi connectivity index (χ0v) is 21.0. The number of nitrogens with zero attached hydrogens (tertiary/aromatic N) is 2. The Bertz CT molecular complexity index is 1450. The highest BCUT2D eigenvalue weighted by Crippen LogP contribution is 2.54. The normalized spacial score (nSPS) is 12.0. The molecule has 5 nitrogen and oxygen atoms in total. The molecule has 40 heavy (non-hydrogen) atoms. The number of carbonyl (C=O) groups excluding carboxylic acids is 2. The van der Waals surface area contributed by atoms with E-state index >= 15 is 4.39 Å². The fourth-order valence-corrected chi connectivity index (χ4v) is 4.10. The molecule has 0 aliphatic rings. The number of carbonyl (C=O) groups is 2. The number of halogens is 10. The van der Waals surface area contributed by atoms with Gasteiger partial charge in [0.25, 0.3) is 18.5 Å². The first-order chi connectivity index (χ1) is 18.5. The van der Waals surface area contributed by atoms with Gasteiger partial charge in [0, 0.05) is 11.1 Å². The van der Waals surface area contributed by atoms with Crippen molar-refractivity contribution in [2.24, 2.45) is 0 Å². The molecule has 15 heteroatoms. The minimum absolute atomic E-state index is 0.0210. The van der Waals surface area contributed by atoms with Gasteiger partial charge in [-0.05, 0) is 36.4 Å². The van der Waals surface area contributed by atoms with Gasteiger partial charge in [0.15, 0.2) is 5.82 Å². The van der Waals surface area contributed by atoms with E-state index in [0.717, 1.165) is 23.1 Å². The molecule has 0 saturated carbocycles. The van der Waals surface area contributed by atoms with Crippen LogP contribution in [0.4, 0.5) is 46.5 Å². The van der Waals surface area contributed by atoms with Crippen molar-refractivity contribution in [3.8, 4) is 0 Å². The summed E-state index contributed by atoms with van der Waals surface area (Å²) in [4.78, 5) is 29.6. The number of alkyl halides is 7. The highest BCUT2D eigenvalue weighted by Gasteiger charge is 2.73. The maximum Gasteiger partial charge on any atom is 0.435 e.